The zero-order valence-electron chi connectivity index (χ0n) is 15.0. The predicted molar refractivity (Wildman–Crippen MR) is 96.1 cm³/mol. The minimum atomic E-state index is -0.500. The topological polar surface area (TPSA) is 91.8 Å². The minimum Gasteiger partial charge on any atom is -0.444 e. The third kappa shape index (κ3) is 6.45. The van der Waals surface area contributed by atoms with Crippen molar-refractivity contribution in [2.24, 2.45) is 4.99 Å². The number of hydrogen-bond acceptors (Lipinski definition) is 5. The van der Waals surface area contributed by atoms with E-state index < -0.39 is 17.7 Å². The second kappa shape index (κ2) is 8.50. The molecule has 1 aromatic carbocycles. The molecule has 3 N–H and O–H groups in total. The lowest BCUT2D eigenvalue weighted by Crippen LogP contribution is -2.51. The van der Waals surface area contributed by atoms with Gasteiger partial charge < -0.3 is 10.1 Å². The van der Waals surface area contributed by atoms with Crippen LogP contribution in [-0.2, 0) is 9.53 Å². The number of unbranched alkanes of at least 4 members (excludes halogenated alkanes) is 1. The molecule has 25 heavy (non-hydrogen) atoms. The molecule has 7 heteroatoms. The SMILES string of the molecule is CC(C)(C)OC(=O)NCCCC[C@@H]1N=C(c2ccccc2)NNC1=O. The lowest BCUT2D eigenvalue weighted by molar-refractivity contribution is -0.123. The van der Waals surface area contributed by atoms with Crippen molar-refractivity contribution in [2.45, 2.75) is 51.7 Å². The Labute approximate surface area is 148 Å². The molecular formula is C18H26N4O3. The Morgan fingerprint density at radius 3 is 2.60 bits per heavy atom. The maximum Gasteiger partial charge on any atom is 0.407 e. The summed E-state index contributed by atoms with van der Waals surface area (Å²) >= 11 is 0. The molecule has 1 heterocycles. The lowest BCUT2D eigenvalue weighted by atomic mass is 10.1. The number of alkyl carbamates (subject to hydrolysis) is 1. The van der Waals surface area contributed by atoms with Crippen LogP contribution in [0.2, 0.25) is 0 Å². The predicted octanol–water partition coefficient (Wildman–Crippen LogP) is 2.13. The highest BCUT2D eigenvalue weighted by Gasteiger charge is 2.23. The molecule has 0 aromatic heterocycles. The summed E-state index contributed by atoms with van der Waals surface area (Å²) in [6.07, 6.45) is 1.74. The number of carbonyl (C=O) groups excluding carboxylic acids is 2. The summed E-state index contributed by atoms with van der Waals surface area (Å²) in [4.78, 5) is 28.0. The molecule has 136 valence electrons. The standard InChI is InChI=1S/C18H26N4O3/c1-18(2,3)25-17(24)19-12-8-7-11-14-16(23)22-21-15(20-14)13-9-5-4-6-10-13/h4-6,9-10,14H,7-8,11-12H2,1-3H3,(H,19,24)(H,20,21)(H,22,23)/t14-/m0/s1. The van der Waals surface area contributed by atoms with Crippen LogP contribution in [0.4, 0.5) is 4.79 Å². The first kappa shape index (κ1) is 18.8. The number of carbonyl (C=O) groups is 2. The molecule has 7 nitrogen and oxygen atoms in total. The van der Waals surface area contributed by atoms with Gasteiger partial charge in [0.05, 0.1) is 0 Å². The molecule has 0 saturated carbocycles. The van der Waals surface area contributed by atoms with Crippen molar-refractivity contribution in [2.75, 3.05) is 6.54 Å². The van der Waals surface area contributed by atoms with E-state index in [1.165, 1.54) is 0 Å². The Balaban J connectivity index is 1.76. The second-order valence-electron chi connectivity index (χ2n) is 6.90. The van der Waals surface area contributed by atoms with Gasteiger partial charge in [0.2, 0.25) is 0 Å². The number of hydrazine groups is 1. The molecule has 2 amide bonds. The fourth-order valence-electron chi connectivity index (χ4n) is 2.36. The van der Waals surface area contributed by atoms with Crippen LogP contribution in [0, 0.1) is 0 Å². The van der Waals surface area contributed by atoms with Crippen molar-refractivity contribution in [3.8, 4) is 0 Å². The first-order chi connectivity index (χ1) is 11.8. The Kier molecular flexibility index (Phi) is 6.38. The van der Waals surface area contributed by atoms with E-state index >= 15 is 0 Å². The molecule has 1 aliphatic rings. The molecule has 0 spiro atoms. The van der Waals surface area contributed by atoms with Crippen LogP contribution in [0.15, 0.2) is 35.3 Å². The maximum atomic E-state index is 11.9. The van der Waals surface area contributed by atoms with Gasteiger partial charge in [-0.3, -0.25) is 20.6 Å². The number of amidine groups is 1. The van der Waals surface area contributed by atoms with Crippen molar-refractivity contribution in [1.29, 1.82) is 0 Å². The monoisotopic (exact) mass is 346 g/mol. The number of aliphatic imine (C=N–C) groups is 1. The summed E-state index contributed by atoms with van der Waals surface area (Å²) in [6.45, 7) is 5.98. The average Bonchev–Trinajstić information content (AvgIpc) is 2.55. The lowest BCUT2D eigenvalue weighted by Gasteiger charge is -2.22. The van der Waals surface area contributed by atoms with Crippen LogP contribution in [0.5, 0.6) is 0 Å². The van der Waals surface area contributed by atoms with Crippen LogP contribution in [-0.4, -0.2) is 36.0 Å². The second-order valence-corrected chi connectivity index (χ2v) is 6.90. The Bertz CT molecular complexity index is 623. The number of amides is 2. The normalized spacial score (nSPS) is 17.2. The minimum absolute atomic E-state index is 0.139. The zero-order valence-corrected chi connectivity index (χ0v) is 15.0. The van der Waals surface area contributed by atoms with Gasteiger partial charge in [0, 0.05) is 12.1 Å². The van der Waals surface area contributed by atoms with Crippen LogP contribution >= 0.6 is 0 Å². The first-order valence-corrected chi connectivity index (χ1v) is 8.51. The summed E-state index contributed by atoms with van der Waals surface area (Å²) in [5.74, 6) is 0.525. The molecule has 0 fully saturated rings. The summed E-state index contributed by atoms with van der Waals surface area (Å²) in [7, 11) is 0. The highest BCUT2D eigenvalue weighted by molar-refractivity contribution is 6.03. The summed E-state index contributed by atoms with van der Waals surface area (Å²) in [5.41, 5.74) is 5.92. The molecule has 1 aromatic rings. The van der Waals surface area contributed by atoms with E-state index in [-0.39, 0.29) is 5.91 Å². The van der Waals surface area contributed by atoms with Crippen molar-refractivity contribution in [3.63, 3.8) is 0 Å². The van der Waals surface area contributed by atoms with Crippen molar-refractivity contribution < 1.29 is 14.3 Å². The third-order valence-corrected chi connectivity index (χ3v) is 3.51. The number of nitrogens with zero attached hydrogens (tertiary/aromatic N) is 1. The van der Waals surface area contributed by atoms with Crippen molar-refractivity contribution in [1.82, 2.24) is 16.2 Å². The van der Waals surface area contributed by atoms with E-state index in [0.29, 0.717) is 18.8 Å². The van der Waals surface area contributed by atoms with Gasteiger partial charge in [0.25, 0.3) is 5.91 Å². The molecule has 0 saturated heterocycles. The van der Waals surface area contributed by atoms with Crippen LogP contribution in [0.1, 0.15) is 45.6 Å². The summed E-state index contributed by atoms with van der Waals surface area (Å²) < 4.78 is 5.17. The molecule has 2 rings (SSSR count). The smallest absolute Gasteiger partial charge is 0.407 e. The molecular weight excluding hydrogens is 320 g/mol. The molecule has 0 bridgehead atoms. The van der Waals surface area contributed by atoms with E-state index in [9.17, 15) is 9.59 Å². The van der Waals surface area contributed by atoms with Gasteiger partial charge in [-0.15, -0.1) is 0 Å². The van der Waals surface area contributed by atoms with Gasteiger partial charge in [0.1, 0.15) is 17.5 Å². The summed E-state index contributed by atoms with van der Waals surface area (Å²) in [6, 6.07) is 9.23. The van der Waals surface area contributed by atoms with Crippen LogP contribution < -0.4 is 16.2 Å². The quantitative estimate of drug-likeness (QED) is 0.688. The van der Waals surface area contributed by atoms with Crippen molar-refractivity contribution in [3.05, 3.63) is 35.9 Å². The van der Waals surface area contributed by atoms with Gasteiger partial charge in [-0.2, -0.15) is 0 Å². The highest BCUT2D eigenvalue weighted by atomic mass is 16.6. The molecule has 1 aliphatic heterocycles. The van der Waals surface area contributed by atoms with Gasteiger partial charge >= 0.3 is 6.09 Å². The van der Waals surface area contributed by atoms with Gasteiger partial charge in [-0.1, -0.05) is 30.3 Å². The Morgan fingerprint density at radius 2 is 1.92 bits per heavy atom. The highest BCUT2D eigenvalue weighted by Crippen LogP contribution is 2.11. The fourth-order valence-corrected chi connectivity index (χ4v) is 2.36. The van der Waals surface area contributed by atoms with E-state index in [4.69, 9.17) is 4.74 Å². The van der Waals surface area contributed by atoms with Gasteiger partial charge in [0.15, 0.2) is 0 Å². The number of ether oxygens (including phenoxy) is 1. The molecule has 0 radical (unpaired) electrons. The van der Waals surface area contributed by atoms with E-state index in [0.717, 1.165) is 18.4 Å². The molecule has 1 atom stereocenters. The van der Waals surface area contributed by atoms with Gasteiger partial charge in [-0.05, 0) is 40.0 Å². The number of benzene rings is 1. The van der Waals surface area contributed by atoms with Crippen LogP contribution in [0.3, 0.4) is 0 Å². The molecule has 0 aliphatic carbocycles. The number of rotatable bonds is 6. The average molecular weight is 346 g/mol. The van der Waals surface area contributed by atoms with E-state index in [1.54, 1.807) is 0 Å². The summed E-state index contributed by atoms with van der Waals surface area (Å²) in [5, 5.41) is 2.71. The zero-order chi connectivity index (χ0) is 18.3. The molecule has 0 unspecified atom stereocenters. The largest absolute Gasteiger partial charge is 0.444 e. The van der Waals surface area contributed by atoms with E-state index in [1.807, 2.05) is 51.1 Å². The first-order valence-electron chi connectivity index (χ1n) is 8.51. The van der Waals surface area contributed by atoms with Crippen molar-refractivity contribution >= 4 is 17.8 Å². The maximum absolute atomic E-state index is 11.9. The van der Waals surface area contributed by atoms with E-state index in [2.05, 4.69) is 21.2 Å². The Morgan fingerprint density at radius 1 is 1.20 bits per heavy atom. The number of nitrogens with one attached hydrogen (secondary N) is 3. The van der Waals surface area contributed by atoms with Crippen LogP contribution in [0.25, 0.3) is 0 Å². The third-order valence-electron chi connectivity index (χ3n) is 3.51. The number of hydrogen-bond donors (Lipinski definition) is 3. The fraction of sp³-hybridized carbons (Fsp3) is 0.500. The Hall–Kier alpha value is -2.57. The van der Waals surface area contributed by atoms with Gasteiger partial charge in [-0.25, -0.2) is 4.79 Å².